The highest BCUT2D eigenvalue weighted by Gasteiger charge is 2.23. The lowest BCUT2D eigenvalue weighted by molar-refractivity contribution is 0.669. The van der Waals surface area contributed by atoms with E-state index in [4.69, 9.17) is 13.3 Å². The van der Waals surface area contributed by atoms with Crippen molar-refractivity contribution < 1.29 is 13.3 Å². The highest BCUT2D eigenvalue weighted by Crippen LogP contribution is 2.50. The summed E-state index contributed by atoms with van der Waals surface area (Å²) in [6.07, 6.45) is 0. The van der Waals surface area contributed by atoms with E-state index in [0.717, 1.165) is 60.4 Å². The molecule has 3 nitrogen and oxygen atoms in total. The lowest BCUT2D eigenvalue weighted by atomic mass is 9.85. The quantitative estimate of drug-likeness (QED) is 0.165. The van der Waals surface area contributed by atoms with Crippen molar-refractivity contribution in [1.82, 2.24) is 0 Å². The fourth-order valence-electron chi connectivity index (χ4n) is 15.4. The van der Waals surface area contributed by atoms with Gasteiger partial charge in [0.25, 0.3) is 0 Å². The van der Waals surface area contributed by atoms with E-state index in [2.05, 4.69) is 303 Å². The molecule has 0 unspecified atom stereocenters. The SMILES string of the molecule is c1ccc2cc3c(cc2c1)oc1ccc(-c2c4ccccc4c(-c4ccc5oc6ccc7ccccc7c6c5c4)c4ccccc24)cc13.c1ccc2cc3c(cc2c1)oc1ccc(-c2c4ccccc4c(-c4cccc5c4sc4ccccc45)c4ccccc24)cc13. The van der Waals surface area contributed by atoms with Gasteiger partial charge in [-0.25, -0.2) is 0 Å². The van der Waals surface area contributed by atoms with E-state index >= 15 is 0 Å². The Bertz CT molecular complexity index is 6590. The molecule has 426 valence electrons. The molecule has 17 aromatic carbocycles. The van der Waals surface area contributed by atoms with Crippen LogP contribution in [0.4, 0.5) is 0 Å². The maximum atomic E-state index is 6.38. The molecule has 0 aliphatic heterocycles. The first-order chi connectivity index (χ1) is 45.6. The first-order valence-electron chi connectivity index (χ1n) is 31.4. The van der Waals surface area contributed by atoms with E-state index in [1.165, 1.54) is 145 Å². The third-order valence-electron chi connectivity index (χ3n) is 19.4. The second-order valence-corrected chi connectivity index (χ2v) is 25.5. The first kappa shape index (κ1) is 51.1. The molecule has 21 rings (SSSR count). The largest absolute Gasteiger partial charge is 0.456 e. The molecule has 0 aliphatic carbocycles. The van der Waals surface area contributed by atoms with Gasteiger partial charge in [-0.3, -0.25) is 0 Å². The van der Waals surface area contributed by atoms with Crippen molar-refractivity contribution in [3.63, 3.8) is 0 Å². The summed E-state index contributed by atoms with van der Waals surface area (Å²) in [5, 5.41) is 26.8. The molecule has 0 atom stereocenters. The van der Waals surface area contributed by atoms with Crippen LogP contribution in [0.1, 0.15) is 0 Å². The molecular weight excluding hydrogens is 1140 g/mol. The zero-order valence-corrected chi connectivity index (χ0v) is 50.3. The van der Waals surface area contributed by atoms with E-state index in [-0.39, 0.29) is 0 Å². The Labute approximate surface area is 530 Å². The van der Waals surface area contributed by atoms with E-state index in [1.54, 1.807) is 0 Å². The van der Waals surface area contributed by atoms with Gasteiger partial charge >= 0.3 is 0 Å². The molecular formula is C88H50O3S. The number of fused-ring (bicyclic) bond motifs is 20. The molecule has 0 aliphatic rings. The fraction of sp³-hybridized carbons (Fsp3) is 0. The fourth-order valence-corrected chi connectivity index (χ4v) is 16.6. The van der Waals surface area contributed by atoms with Gasteiger partial charge in [-0.05, 0) is 187 Å². The van der Waals surface area contributed by atoms with Gasteiger partial charge in [0.15, 0.2) is 0 Å². The maximum Gasteiger partial charge on any atom is 0.136 e. The molecule has 0 bridgehead atoms. The molecule has 0 amide bonds. The minimum absolute atomic E-state index is 0.905. The second-order valence-electron chi connectivity index (χ2n) is 24.5. The van der Waals surface area contributed by atoms with Crippen LogP contribution in [0.25, 0.3) is 206 Å². The minimum atomic E-state index is 0.905. The average molecular weight is 1190 g/mol. The summed E-state index contributed by atoms with van der Waals surface area (Å²) in [6, 6.07) is 110. The van der Waals surface area contributed by atoms with Crippen molar-refractivity contribution in [2.75, 3.05) is 0 Å². The van der Waals surface area contributed by atoms with Gasteiger partial charge in [-0.1, -0.05) is 231 Å². The predicted molar refractivity (Wildman–Crippen MR) is 392 cm³/mol. The Morgan fingerprint density at radius 1 is 0.196 bits per heavy atom. The summed E-state index contributed by atoms with van der Waals surface area (Å²) >= 11 is 1.89. The van der Waals surface area contributed by atoms with Crippen LogP contribution in [0.3, 0.4) is 0 Å². The summed E-state index contributed by atoms with van der Waals surface area (Å²) in [7, 11) is 0. The molecule has 4 heterocycles. The van der Waals surface area contributed by atoms with Crippen LogP contribution in [0.15, 0.2) is 317 Å². The van der Waals surface area contributed by atoms with Gasteiger partial charge in [0.1, 0.15) is 33.5 Å². The van der Waals surface area contributed by atoms with E-state index in [9.17, 15) is 0 Å². The molecule has 21 aromatic rings. The van der Waals surface area contributed by atoms with Gasteiger partial charge < -0.3 is 13.3 Å². The summed E-state index contributed by atoms with van der Waals surface area (Å²) in [6.45, 7) is 0. The first-order valence-corrected chi connectivity index (χ1v) is 32.2. The zero-order chi connectivity index (χ0) is 60.1. The number of furan rings is 3. The minimum Gasteiger partial charge on any atom is -0.456 e. The standard InChI is InChI=1S/C46H26O2.C42H24OS/c1-2-11-29-26-43-38(23-28(29)10-1)37-24-30(18-20-40(37)48-43)44-33-13-5-7-15-35(33)45(36-16-8-6-14-34(36)44)31-19-21-41-39(25-31)46-32-12-4-3-9-27(32)17-22-42(46)47-41;1-2-11-26-24-38-36(22-25(26)10-1)35-23-27(20-21-37(35)43-38)40-29-13-3-5-15-31(29)41(32-16-6-4-14-30(32)40)34-18-9-17-33-28-12-7-8-19-39(28)44-42(33)34/h1-26H;1-24H. The van der Waals surface area contributed by atoms with E-state index < -0.39 is 0 Å². The molecule has 4 heteroatoms. The Balaban J connectivity index is 0.000000128. The van der Waals surface area contributed by atoms with Crippen LogP contribution in [0.2, 0.25) is 0 Å². The number of rotatable bonds is 4. The highest BCUT2D eigenvalue weighted by molar-refractivity contribution is 7.26. The summed E-state index contributed by atoms with van der Waals surface area (Å²) in [5.74, 6) is 0. The Morgan fingerprint density at radius 3 is 1.03 bits per heavy atom. The zero-order valence-electron chi connectivity index (χ0n) is 49.5. The Kier molecular flexibility index (Phi) is 11.0. The topological polar surface area (TPSA) is 39.4 Å². The van der Waals surface area contributed by atoms with Crippen molar-refractivity contribution in [3.05, 3.63) is 303 Å². The Morgan fingerprint density at radius 2 is 0.543 bits per heavy atom. The number of hydrogen-bond donors (Lipinski definition) is 0. The lowest BCUT2D eigenvalue weighted by Crippen LogP contribution is -1.91. The van der Waals surface area contributed by atoms with Gasteiger partial charge in [-0.15, -0.1) is 11.3 Å². The van der Waals surface area contributed by atoms with Crippen molar-refractivity contribution in [2.24, 2.45) is 0 Å². The third kappa shape index (κ3) is 7.68. The number of benzene rings is 17. The smallest absolute Gasteiger partial charge is 0.136 e. The van der Waals surface area contributed by atoms with Crippen LogP contribution in [0, 0.1) is 0 Å². The second kappa shape index (κ2) is 19.8. The van der Waals surface area contributed by atoms with Crippen LogP contribution in [-0.2, 0) is 0 Å². The molecule has 0 saturated heterocycles. The molecule has 0 radical (unpaired) electrons. The van der Waals surface area contributed by atoms with E-state index in [1.807, 2.05) is 11.3 Å². The Hall–Kier alpha value is -11.8. The van der Waals surface area contributed by atoms with Gasteiger partial charge in [-0.2, -0.15) is 0 Å². The lowest BCUT2D eigenvalue weighted by Gasteiger charge is -2.18. The van der Waals surface area contributed by atoms with Gasteiger partial charge in [0.2, 0.25) is 0 Å². The van der Waals surface area contributed by atoms with Crippen LogP contribution in [-0.4, -0.2) is 0 Å². The number of hydrogen-bond acceptors (Lipinski definition) is 4. The molecule has 0 fully saturated rings. The van der Waals surface area contributed by atoms with E-state index in [0.29, 0.717) is 0 Å². The molecule has 0 N–H and O–H groups in total. The number of thiophene rings is 1. The normalized spacial score (nSPS) is 12.1. The predicted octanol–water partition coefficient (Wildman–Crippen LogP) is 26.2. The van der Waals surface area contributed by atoms with Crippen LogP contribution >= 0.6 is 11.3 Å². The van der Waals surface area contributed by atoms with Crippen molar-refractivity contribution in [1.29, 1.82) is 0 Å². The summed E-state index contributed by atoms with van der Waals surface area (Å²) in [4.78, 5) is 0. The molecule has 92 heavy (non-hydrogen) atoms. The van der Waals surface area contributed by atoms with Gasteiger partial charge in [0.05, 0.1) is 0 Å². The van der Waals surface area contributed by atoms with Crippen LogP contribution in [0.5, 0.6) is 0 Å². The van der Waals surface area contributed by atoms with Crippen molar-refractivity contribution >= 4 is 173 Å². The van der Waals surface area contributed by atoms with Crippen LogP contribution < -0.4 is 0 Å². The summed E-state index contributed by atoms with van der Waals surface area (Å²) < 4.78 is 21.8. The molecule has 0 spiro atoms. The summed E-state index contributed by atoms with van der Waals surface area (Å²) in [5.41, 5.74) is 15.4. The van der Waals surface area contributed by atoms with Crippen molar-refractivity contribution in [2.45, 2.75) is 0 Å². The molecule has 4 aromatic heterocycles. The average Bonchev–Trinajstić information content (AvgIpc) is 0.933. The van der Waals surface area contributed by atoms with Gasteiger partial charge in [0, 0.05) is 58.1 Å². The highest BCUT2D eigenvalue weighted by atomic mass is 32.1. The monoisotopic (exact) mass is 1190 g/mol. The molecule has 0 saturated carbocycles. The maximum absolute atomic E-state index is 6.38. The van der Waals surface area contributed by atoms with Crippen molar-refractivity contribution in [3.8, 4) is 44.5 Å². The third-order valence-corrected chi connectivity index (χ3v) is 20.7.